The molecule has 0 saturated heterocycles. The van der Waals surface area contributed by atoms with Crippen molar-refractivity contribution in [2.75, 3.05) is 17.9 Å². The Morgan fingerprint density at radius 1 is 1.23 bits per heavy atom. The largest absolute Gasteiger partial charge is 0.394 e. The second-order valence-electron chi connectivity index (χ2n) is 9.90. The molecule has 3 N–H and O–H groups in total. The Balaban J connectivity index is 2.03. The molecule has 1 atom stereocenters. The first-order valence-corrected chi connectivity index (χ1v) is 13.2. The van der Waals surface area contributed by atoms with E-state index in [0.29, 0.717) is 30.7 Å². The first-order valence-electron chi connectivity index (χ1n) is 11.7. The molecule has 0 amide bonds. The molecule has 0 radical (unpaired) electrons. The molecule has 1 aromatic carbocycles. The minimum absolute atomic E-state index is 0.00486. The van der Waals surface area contributed by atoms with Gasteiger partial charge in [-0.05, 0) is 55.4 Å². The van der Waals surface area contributed by atoms with Crippen molar-refractivity contribution < 1.29 is 27.8 Å². The van der Waals surface area contributed by atoms with Crippen molar-refractivity contribution in [2.45, 2.75) is 63.9 Å². The third-order valence-corrected chi connectivity index (χ3v) is 8.53. The molecule has 0 bridgehead atoms. The summed E-state index contributed by atoms with van der Waals surface area (Å²) in [4.78, 5) is 13.1. The van der Waals surface area contributed by atoms with E-state index in [1.165, 1.54) is 23.7 Å². The van der Waals surface area contributed by atoms with Crippen molar-refractivity contribution >= 4 is 15.7 Å². The van der Waals surface area contributed by atoms with Crippen molar-refractivity contribution in [3.63, 3.8) is 0 Å². The van der Waals surface area contributed by atoms with Crippen LogP contribution in [0, 0.1) is 18.7 Å². The number of halogens is 1. The minimum Gasteiger partial charge on any atom is -0.394 e. The molecule has 194 valence electrons. The zero-order valence-electron chi connectivity index (χ0n) is 20.7. The van der Waals surface area contributed by atoms with Crippen molar-refractivity contribution in [1.82, 2.24) is 4.57 Å². The molecule has 1 saturated carbocycles. The van der Waals surface area contributed by atoms with Crippen LogP contribution in [0.2, 0.25) is 0 Å². The number of aliphatic hydroxyl groups excluding tert-OH is 2. The monoisotopic (exact) mass is 510 g/mol. The third-order valence-electron chi connectivity index (χ3n) is 6.33. The first-order chi connectivity index (χ1) is 16.4. The molecular formula is C25H35FN2O6S. The fourth-order valence-electron chi connectivity index (χ4n) is 4.09. The van der Waals surface area contributed by atoms with Crippen LogP contribution in [0.5, 0.6) is 0 Å². The van der Waals surface area contributed by atoms with Gasteiger partial charge in [-0.3, -0.25) is 9.52 Å². The van der Waals surface area contributed by atoms with Crippen LogP contribution in [0.1, 0.15) is 55.5 Å². The number of pyridine rings is 1. The molecule has 1 heterocycles. The summed E-state index contributed by atoms with van der Waals surface area (Å²) < 4.78 is 49.7. The third kappa shape index (κ3) is 6.30. The normalized spacial score (nSPS) is 15.9. The van der Waals surface area contributed by atoms with Crippen molar-refractivity contribution in [1.29, 1.82) is 0 Å². The molecule has 1 fully saturated rings. The van der Waals surface area contributed by atoms with E-state index in [2.05, 4.69) is 4.72 Å². The van der Waals surface area contributed by atoms with Crippen LogP contribution in [0.4, 0.5) is 10.1 Å². The summed E-state index contributed by atoms with van der Waals surface area (Å²) >= 11 is 0. The lowest BCUT2D eigenvalue weighted by Gasteiger charge is -2.23. The van der Waals surface area contributed by atoms with Crippen LogP contribution in [-0.2, 0) is 34.8 Å². The van der Waals surface area contributed by atoms with E-state index >= 15 is 0 Å². The van der Waals surface area contributed by atoms with E-state index in [4.69, 9.17) is 4.74 Å². The van der Waals surface area contributed by atoms with Crippen molar-refractivity contribution in [3.8, 4) is 0 Å². The zero-order valence-corrected chi connectivity index (χ0v) is 21.5. The highest BCUT2D eigenvalue weighted by Gasteiger charge is 2.55. The van der Waals surface area contributed by atoms with Gasteiger partial charge < -0.3 is 19.5 Å². The Bertz CT molecular complexity index is 1220. The van der Waals surface area contributed by atoms with Gasteiger partial charge in [0.15, 0.2) is 0 Å². The average molecular weight is 511 g/mol. The van der Waals surface area contributed by atoms with E-state index in [9.17, 15) is 27.8 Å². The summed E-state index contributed by atoms with van der Waals surface area (Å²) in [6.07, 6.45) is -0.573. The summed E-state index contributed by atoms with van der Waals surface area (Å²) in [7, 11) is -2.47. The molecule has 3 rings (SSSR count). The molecule has 0 spiro atoms. The van der Waals surface area contributed by atoms with E-state index in [-0.39, 0.29) is 42.2 Å². The lowest BCUT2D eigenvalue weighted by Crippen LogP contribution is -2.35. The molecule has 1 aromatic heterocycles. The molecular weight excluding hydrogens is 475 g/mol. The molecule has 10 heteroatoms. The molecule has 1 aliphatic rings. The lowest BCUT2D eigenvalue weighted by atomic mass is 10.0. The second kappa shape index (κ2) is 10.8. The number of hydrogen-bond donors (Lipinski definition) is 3. The summed E-state index contributed by atoms with van der Waals surface area (Å²) in [5, 5.41) is 19.1. The van der Waals surface area contributed by atoms with Gasteiger partial charge in [0.2, 0.25) is 10.0 Å². The summed E-state index contributed by atoms with van der Waals surface area (Å²) in [6, 6.07) is 6.22. The molecule has 35 heavy (non-hydrogen) atoms. The number of rotatable bonds is 12. The second-order valence-corrected chi connectivity index (χ2v) is 12.0. The number of nitrogens with one attached hydrogen (secondary N) is 1. The van der Waals surface area contributed by atoms with E-state index < -0.39 is 33.3 Å². The topological polar surface area (TPSA) is 118 Å². The SMILES string of the molecule is Cc1ccc(Cc2c(NS(=O)(=O)C3(CC(O)CO)CC3)cc(COCC(C)C)c(=O)n2C)c(F)c1. The Kier molecular flexibility index (Phi) is 8.41. The number of benzene rings is 1. The van der Waals surface area contributed by atoms with E-state index in [1.54, 1.807) is 19.1 Å². The number of ether oxygens (including phenoxy) is 1. The smallest absolute Gasteiger partial charge is 0.256 e. The van der Waals surface area contributed by atoms with Crippen LogP contribution < -0.4 is 10.3 Å². The van der Waals surface area contributed by atoms with Gasteiger partial charge in [0, 0.05) is 31.3 Å². The summed E-state index contributed by atoms with van der Waals surface area (Å²) in [5.74, 6) is -0.186. The maximum atomic E-state index is 14.6. The number of anilines is 1. The maximum Gasteiger partial charge on any atom is 0.256 e. The zero-order chi connectivity index (χ0) is 26.0. The van der Waals surface area contributed by atoms with Gasteiger partial charge in [-0.1, -0.05) is 26.0 Å². The first kappa shape index (κ1) is 27.3. The van der Waals surface area contributed by atoms with Crippen LogP contribution >= 0.6 is 0 Å². The fraction of sp³-hybridized carbons (Fsp3) is 0.560. The predicted octanol–water partition coefficient (Wildman–Crippen LogP) is 2.61. The standard InChI is InChI=1S/C25H35FN2O6S/c1-16(2)14-34-15-19-10-22(27-35(32,33)25(7-8-25)12-20(30)13-29)23(28(4)24(19)31)11-18-6-5-17(3)9-21(18)26/h5-6,9-10,16,20,27,29-30H,7-8,11-15H2,1-4H3. The van der Waals surface area contributed by atoms with Gasteiger partial charge in [0.25, 0.3) is 5.56 Å². The highest BCUT2D eigenvalue weighted by Crippen LogP contribution is 2.48. The number of nitrogens with zero attached hydrogens (tertiary/aromatic N) is 1. The number of hydrogen-bond acceptors (Lipinski definition) is 6. The van der Waals surface area contributed by atoms with Crippen LogP contribution in [-0.4, -0.2) is 47.3 Å². The Morgan fingerprint density at radius 3 is 2.49 bits per heavy atom. The number of aryl methyl sites for hydroxylation is 1. The number of aromatic nitrogens is 1. The van der Waals surface area contributed by atoms with Crippen LogP contribution in [0.3, 0.4) is 0 Å². The predicted molar refractivity (Wildman–Crippen MR) is 132 cm³/mol. The Labute approximate surface area is 205 Å². The Hall–Kier alpha value is -2.27. The summed E-state index contributed by atoms with van der Waals surface area (Å²) in [5.41, 5.74) is 1.48. The maximum absolute atomic E-state index is 14.6. The van der Waals surface area contributed by atoms with Gasteiger partial charge >= 0.3 is 0 Å². The molecule has 8 nitrogen and oxygen atoms in total. The van der Waals surface area contributed by atoms with E-state index in [1.807, 2.05) is 13.8 Å². The van der Waals surface area contributed by atoms with Gasteiger partial charge in [-0.2, -0.15) is 0 Å². The van der Waals surface area contributed by atoms with Crippen molar-refractivity contribution in [2.24, 2.45) is 13.0 Å². The number of sulfonamides is 1. The molecule has 2 aromatic rings. The van der Waals surface area contributed by atoms with Crippen LogP contribution in [0.25, 0.3) is 0 Å². The highest BCUT2D eigenvalue weighted by molar-refractivity contribution is 7.94. The van der Waals surface area contributed by atoms with Gasteiger partial charge in [0.05, 0.1) is 29.8 Å². The molecule has 1 unspecified atom stereocenters. The van der Waals surface area contributed by atoms with Gasteiger partial charge in [-0.25, -0.2) is 12.8 Å². The molecule has 1 aliphatic carbocycles. The van der Waals surface area contributed by atoms with E-state index in [0.717, 1.165) is 5.56 Å². The number of aliphatic hydroxyl groups is 2. The minimum atomic E-state index is -3.99. The lowest BCUT2D eigenvalue weighted by molar-refractivity contribution is 0.0858. The van der Waals surface area contributed by atoms with Gasteiger partial charge in [0.1, 0.15) is 5.82 Å². The van der Waals surface area contributed by atoms with Crippen LogP contribution in [0.15, 0.2) is 29.1 Å². The molecule has 0 aliphatic heterocycles. The Morgan fingerprint density at radius 2 is 1.91 bits per heavy atom. The van der Waals surface area contributed by atoms with Gasteiger partial charge in [-0.15, -0.1) is 0 Å². The quantitative estimate of drug-likeness (QED) is 0.404. The average Bonchev–Trinajstić information content (AvgIpc) is 3.56. The highest BCUT2D eigenvalue weighted by atomic mass is 32.2. The van der Waals surface area contributed by atoms with Crippen molar-refractivity contribution in [3.05, 3.63) is 62.8 Å². The fourth-order valence-corrected chi connectivity index (χ4v) is 5.83. The summed E-state index contributed by atoms with van der Waals surface area (Å²) in [6.45, 7) is 5.63.